The number of thiophene rings is 1. The molecule has 1 saturated heterocycles. The van der Waals surface area contributed by atoms with Crippen LogP contribution in [-0.2, 0) is 0 Å². The van der Waals surface area contributed by atoms with Crippen molar-refractivity contribution < 1.29 is 4.79 Å². The molecule has 82 valence electrons. The second-order valence-electron chi connectivity index (χ2n) is 3.94. The van der Waals surface area contributed by atoms with Gasteiger partial charge in [-0.3, -0.25) is 4.79 Å². The number of hydrogen-bond donors (Lipinski definition) is 2. The van der Waals surface area contributed by atoms with Gasteiger partial charge in [0.1, 0.15) is 0 Å². The van der Waals surface area contributed by atoms with Gasteiger partial charge in [-0.15, -0.1) is 11.3 Å². The third-order valence-electron chi connectivity index (χ3n) is 2.67. The minimum Gasteiger partial charge on any atom is -0.349 e. The zero-order valence-corrected chi connectivity index (χ0v) is 9.69. The van der Waals surface area contributed by atoms with Crippen molar-refractivity contribution in [2.75, 3.05) is 13.1 Å². The van der Waals surface area contributed by atoms with Crippen LogP contribution in [0.5, 0.6) is 0 Å². The maximum Gasteiger partial charge on any atom is 0.252 e. The largest absolute Gasteiger partial charge is 0.349 e. The molecule has 2 N–H and O–H groups in total. The van der Waals surface area contributed by atoms with E-state index in [0.29, 0.717) is 6.04 Å². The van der Waals surface area contributed by atoms with Gasteiger partial charge in [-0.25, -0.2) is 0 Å². The fourth-order valence-corrected chi connectivity index (χ4v) is 2.48. The van der Waals surface area contributed by atoms with Gasteiger partial charge in [0.15, 0.2) is 0 Å². The van der Waals surface area contributed by atoms with E-state index in [4.69, 9.17) is 0 Å². The summed E-state index contributed by atoms with van der Waals surface area (Å²) in [4.78, 5) is 13.0. The number of nitrogens with one attached hydrogen (secondary N) is 2. The van der Waals surface area contributed by atoms with Crippen LogP contribution in [0.2, 0.25) is 0 Å². The van der Waals surface area contributed by atoms with E-state index in [2.05, 4.69) is 10.6 Å². The van der Waals surface area contributed by atoms with Crippen LogP contribution < -0.4 is 10.6 Å². The van der Waals surface area contributed by atoms with Crippen LogP contribution in [0.3, 0.4) is 0 Å². The van der Waals surface area contributed by atoms with Crippen molar-refractivity contribution in [2.24, 2.45) is 0 Å². The summed E-state index contributed by atoms with van der Waals surface area (Å²) < 4.78 is 0. The van der Waals surface area contributed by atoms with Crippen molar-refractivity contribution in [1.29, 1.82) is 0 Å². The minimum atomic E-state index is 0.0752. The topological polar surface area (TPSA) is 41.1 Å². The Kier molecular flexibility index (Phi) is 3.38. The van der Waals surface area contributed by atoms with Gasteiger partial charge in [-0.05, 0) is 38.9 Å². The first-order valence-corrected chi connectivity index (χ1v) is 6.20. The van der Waals surface area contributed by atoms with Gasteiger partial charge in [0.25, 0.3) is 5.91 Å². The SMILES string of the molecule is Cc1cc(C(=O)NC2CCNCC2)cs1. The highest BCUT2D eigenvalue weighted by molar-refractivity contribution is 7.10. The molecule has 1 aliphatic rings. The van der Waals surface area contributed by atoms with E-state index in [0.717, 1.165) is 31.5 Å². The van der Waals surface area contributed by atoms with Gasteiger partial charge in [-0.2, -0.15) is 0 Å². The Balaban J connectivity index is 1.91. The number of amides is 1. The van der Waals surface area contributed by atoms with E-state index in [-0.39, 0.29) is 5.91 Å². The van der Waals surface area contributed by atoms with Crippen molar-refractivity contribution in [3.8, 4) is 0 Å². The average Bonchev–Trinajstić information content (AvgIpc) is 2.66. The molecular formula is C11H16N2OS. The lowest BCUT2D eigenvalue weighted by Gasteiger charge is -2.23. The van der Waals surface area contributed by atoms with Crippen molar-refractivity contribution in [1.82, 2.24) is 10.6 Å². The predicted molar refractivity (Wildman–Crippen MR) is 62.4 cm³/mol. The third-order valence-corrected chi connectivity index (χ3v) is 3.53. The zero-order valence-electron chi connectivity index (χ0n) is 8.88. The molecule has 0 unspecified atom stereocenters. The Morgan fingerprint density at radius 2 is 2.27 bits per heavy atom. The molecule has 0 aromatic carbocycles. The molecule has 1 aliphatic heterocycles. The zero-order chi connectivity index (χ0) is 10.7. The van der Waals surface area contributed by atoms with Gasteiger partial charge >= 0.3 is 0 Å². The van der Waals surface area contributed by atoms with E-state index in [1.54, 1.807) is 11.3 Å². The fraction of sp³-hybridized carbons (Fsp3) is 0.545. The summed E-state index contributed by atoms with van der Waals surface area (Å²) >= 11 is 1.62. The Labute approximate surface area is 93.9 Å². The van der Waals surface area contributed by atoms with Crippen molar-refractivity contribution in [2.45, 2.75) is 25.8 Å². The summed E-state index contributed by atoms with van der Waals surface area (Å²) in [5.74, 6) is 0.0752. The van der Waals surface area contributed by atoms with Crippen molar-refractivity contribution in [3.05, 3.63) is 21.9 Å². The summed E-state index contributed by atoms with van der Waals surface area (Å²) in [7, 11) is 0. The minimum absolute atomic E-state index is 0.0752. The van der Waals surface area contributed by atoms with Crippen molar-refractivity contribution >= 4 is 17.2 Å². The molecule has 0 radical (unpaired) electrons. The highest BCUT2D eigenvalue weighted by atomic mass is 32.1. The predicted octanol–water partition coefficient (Wildman–Crippen LogP) is 1.54. The monoisotopic (exact) mass is 224 g/mol. The van der Waals surface area contributed by atoms with Crippen LogP contribution >= 0.6 is 11.3 Å². The van der Waals surface area contributed by atoms with E-state index in [1.807, 2.05) is 18.4 Å². The second kappa shape index (κ2) is 4.77. The molecule has 3 nitrogen and oxygen atoms in total. The lowest BCUT2D eigenvalue weighted by atomic mass is 10.1. The van der Waals surface area contributed by atoms with Crippen LogP contribution in [0.25, 0.3) is 0 Å². The molecule has 2 heterocycles. The maximum atomic E-state index is 11.8. The van der Waals surface area contributed by atoms with Gasteiger partial charge < -0.3 is 10.6 Å². The summed E-state index contributed by atoms with van der Waals surface area (Å²) in [6, 6.07) is 2.29. The Bertz CT molecular complexity index is 342. The molecule has 0 atom stereocenters. The molecule has 1 amide bonds. The summed E-state index contributed by atoms with van der Waals surface area (Å²) in [5, 5.41) is 8.28. The maximum absolute atomic E-state index is 11.8. The molecule has 15 heavy (non-hydrogen) atoms. The number of hydrogen-bond acceptors (Lipinski definition) is 3. The summed E-state index contributed by atoms with van der Waals surface area (Å²) in [6.07, 6.45) is 2.07. The van der Waals surface area contributed by atoms with Crippen LogP contribution in [-0.4, -0.2) is 25.0 Å². The van der Waals surface area contributed by atoms with E-state index < -0.39 is 0 Å². The third kappa shape index (κ3) is 2.79. The first-order chi connectivity index (χ1) is 7.25. The molecule has 0 aliphatic carbocycles. The molecule has 1 fully saturated rings. The van der Waals surface area contributed by atoms with Gasteiger partial charge in [0.2, 0.25) is 0 Å². The Hall–Kier alpha value is -0.870. The molecular weight excluding hydrogens is 208 g/mol. The molecule has 1 aromatic heterocycles. The van der Waals surface area contributed by atoms with E-state index >= 15 is 0 Å². The molecule has 0 bridgehead atoms. The lowest BCUT2D eigenvalue weighted by Crippen LogP contribution is -2.42. The molecule has 4 heteroatoms. The Morgan fingerprint density at radius 3 is 2.87 bits per heavy atom. The Morgan fingerprint density at radius 1 is 1.53 bits per heavy atom. The fourth-order valence-electron chi connectivity index (χ4n) is 1.80. The number of piperidine rings is 1. The smallest absolute Gasteiger partial charge is 0.252 e. The number of rotatable bonds is 2. The highest BCUT2D eigenvalue weighted by Gasteiger charge is 2.16. The highest BCUT2D eigenvalue weighted by Crippen LogP contribution is 2.13. The molecule has 0 spiro atoms. The van der Waals surface area contributed by atoms with Crippen LogP contribution in [0.4, 0.5) is 0 Å². The second-order valence-corrected chi connectivity index (χ2v) is 5.06. The van der Waals surface area contributed by atoms with Crippen LogP contribution in [0.1, 0.15) is 28.1 Å². The van der Waals surface area contributed by atoms with Crippen LogP contribution in [0, 0.1) is 6.92 Å². The average molecular weight is 224 g/mol. The first kappa shape index (κ1) is 10.6. The van der Waals surface area contributed by atoms with Gasteiger partial charge in [-0.1, -0.05) is 0 Å². The molecule has 2 rings (SSSR count). The van der Waals surface area contributed by atoms with Crippen LogP contribution in [0.15, 0.2) is 11.4 Å². The van der Waals surface area contributed by atoms with Gasteiger partial charge in [0, 0.05) is 16.3 Å². The summed E-state index contributed by atoms with van der Waals surface area (Å²) in [6.45, 7) is 4.03. The molecule has 0 saturated carbocycles. The standard InChI is InChI=1S/C11H16N2OS/c1-8-6-9(7-15-8)11(14)13-10-2-4-12-5-3-10/h6-7,10,12H,2-5H2,1H3,(H,13,14). The number of carbonyl (C=O) groups excluding carboxylic acids is 1. The normalized spacial score (nSPS) is 17.7. The van der Waals surface area contributed by atoms with Gasteiger partial charge in [0.05, 0.1) is 5.56 Å². The van der Waals surface area contributed by atoms with E-state index in [1.165, 1.54) is 4.88 Å². The quantitative estimate of drug-likeness (QED) is 0.800. The van der Waals surface area contributed by atoms with E-state index in [9.17, 15) is 4.79 Å². The summed E-state index contributed by atoms with van der Waals surface area (Å²) in [5.41, 5.74) is 0.802. The number of carbonyl (C=O) groups is 1. The lowest BCUT2D eigenvalue weighted by molar-refractivity contribution is 0.0930. The first-order valence-electron chi connectivity index (χ1n) is 5.32. The van der Waals surface area contributed by atoms with Crippen molar-refractivity contribution in [3.63, 3.8) is 0 Å². The number of aryl methyl sites for hydroxylation is 1. The molecule has 1 aromatic rings.